The Bertz CT molecular complexity index is 840. The van der Waals surface area contributed by atoms with E-state index in [-0.39, 0.29) is 11.4 Å². The van der Waals surface area contributed by atoms with Gasteiger partial charge in [-0.1, -0.05) is 23.2 Å². The minimum Gasteiger partial charge on any atom is -0.325 e. The van der Waals surface area contributed by atoms with Crippen molar-refractivity contribution in [3.63, 3.8) is 0 Å². The van der Waals surface area contributed by atoms with Crippen LogP contribution >= 0.6 is 23.2 Å². The fourth-order valence-electron chi connectivity index (χ4n) is 2.19. The maximum Gasteiger partial charge on any atom is 0.246 e. The lowest BCUT2D eigenvalue weighted by Gasteiger charge is -2.17. The van der Waals surface area contributed by atoms with Gasteiger partial charge in [-0.25, -0.2) is 8.42 Å². The van der Waals surface area contributed by atoms with Crippen molar-refractivity contribution in [2.24, 2.45) is 0 Å². The molecule has 0 fully saturated rings. The zero-order valence-corrected chi connectivity index (χ0v) is 15.6. The maximum atomic E-state index is 12.6. The zero-order chi connectivity index (χ0) is 18.1. The summed E-state index contributed by atoms with van der Waals surface area (Å²) in [5, 5.41) is 9.78. The van der Waals surface area contributed by atoms with Crippen molar-refractivity contribution < 1.29 is 13.2 Å². The van der Waals surface area contributed by atoms with E-state index >= 15 is 0 Å². The van der Waals surface area contributed by atoms with E-state index in [4.69, 9.17) is 23.2 Å². The third-order valence-corrected chi connectivity index (χ3v) is 5.75. The number of sulfonamides is 1. The monoisotopic (exact) mass is 390 g/mol. The second-order valence-electron chi connectivity index (χ2n) is 5.23. The minimum atomic E-state index is -3.83. The number of rotatable bonds is 5. The summed E-state index contributed by atoms with van der Waals surface area (Å²) in [6.45, 7) is 2.82. The summed E-state index contributed by atoms with van der Waals surface area (Å²) in [7, 11) is -2.51. The number of aromatic amines is 1. The first kappa shape index (κ1) is 18.7. The summed E-state index contributed by atoms with van der Waals surface area (Å²) in [6, 6.07) is 4.56. The Balaban J connectivity index is 2.14. The second-order valence-corrected chi connectivity index (χ2v) is 8.09. The van der Waals surface area contributed by atoms with Crippen LogP contribution in [0.15, 0.2) is 23.1 Å². The highest BCUT2D eigenvalue weighted by Gasteiger charge is 2.28. The Hall–Kier alpha value is -1.61. The first-order valence-corrected chi connectivity index (χ1v) is 9.04. The number of anilines is 1. The van der Waals surface area contributed by atoms with Gasteiger partial charge in [-0.2, -0.15) is 9.40 Å². The summed E-state index contributed by atoms with van der Waals surface area (Å²) in [4.78, 5) is 12.2. The number of nitrogens with zero attached hydrogens (tertiary/aromatic N) is 2. The molecule has 2 N–H and O–H groups in total. The molecule has 10 heteroatoms. The first-order valence-electron chi connectivity index (χ1n) is 6.85. The van der Waals surface area contributed by atoms with Crippen molar-refractivity contribution in [3.05, 3.63) is 39.6 Å². The molecule has 0 saturated heterocycles. The van der Waals surface area contributed by atoms with Crippen LogP contribution in [0.3, 0.4) is 0 Å². The second kappa shape index (κ2) is 7.10. The van der Waals surface area contributed by atoms with Crippen LogP contribution in [0, 0.1) is 13.8 Å². The van der Waals surface area contributed by atoms with E-state index in [1.54, 1.807) is 13.8 Å². The molecular weight excluding hydrogens is 375 g/mol. The molecule has 0 atom stereocenters. The maximum absolute atomic E-state index is 12.6. The Morgan fingerprint density at radius 3 is 2.33 bits per heavy atom. The van der Waals surface area contributed by atoms with Crippen molar-refractivity contribution in [1.29, 1.82) is 0 Å². The van der Waals surface area contributed by atoms with Gasteiger partial charge in [0, 0.05) is 22.8 Å². The molecule has 0 aliphatic heterocycles. The molecule has 2 rings (SSSR count). The lowest BCUT2D eigenvalue weighted by molar-refractivity contribution is -0.116. The number of amides is 1. The van der Waals surface area contributed by atoms with Crippen LogP contribution in [-0.2, 0) is 14.8 Å². The Morgan fingerprint density at radius 1 is 1.25 bits per heavy atom. The van der Waals surface area contributed by atoms with Gasteiger partial charge >= 0.3 is 0 Å². The van der Waals surface area contributed by atoms with Crippen LogP contribution in [-0.4, -0.2) is 42.4 Å². The van der Waals surface area contributed by atoms with Gasteiger partial charge in [-0.05, 0) is 32.0 Å². The third kappa shape index (κ3) is 4.07. The van der Waals surface area contributed by atoms with E-state index in [1.807, 2.05) is 0 Å². The highest BCUT2D eigenvalue weighted by molar-refractivity contribution is 7.89. The van der Waals surface area contributed by atoms with Crippen molar-refractivity contribution in [2.45, 2.75) is 18.7 Å². The van der Waals surface area contributed by atoms with Gasteiger partial charge < -0.3 is 5.32 Å². The van der Waals surface area contributed by atoms with Crippen LogP contribution < -0.4 is 5.32 Å². The van der Waals surface area contributed by atoms with E-state index < -0.39 is 15.9 Å². The molecule has 1 aromatic heterocycles. The molecule has 2 aromatic rings. The third-order valence-electron chi connectivity index (χ3n) is 3.24. The summed E-state index contributed by atoms with van der Waals surface area (Å²) in [6.07, 6.45) is 0. The summed E-state index contributed by atoms with van der Waals surface area (Å²) in [5.41, 5.74) is 1.15. The number of benzene rings is 1. The van der Waals surface area contributed by atoms with Gasteiger partial charge in [0.15, 0.2) is 0 Å². The summed E-state index contributed by atoms with van der Waals surface area (Å²) >= 11 is 11.7. The van der Waals surface area contributed by atoms with Gasteiger partial charge in [-0.15, -0.1) is 0 Å². The van der Waals surface area contributed by atoms with Crippen LogP contribution in [0.2, 0.25) is 10.0 Å². The molecule has 0 saturated carbocycles. The zero-order valence-electron chi connectivity index (χ0n) is 13.2. The largest absolute Gasteiger partial charge is 0.325 e. The highest BCUT2D eigenvalue weighted by atomic mass is 35.5. The number of hydrogen-bond acceptors (Lipinski definition) is 4. The van der Waals surface area contributed by atoms with Gasteiger partial charge in [-0.3, -0.25) is 9.89 Å². The average Bonchev–Trinajstić information content (AvgIpc) is 2.77. The smallest absolute Gasteiger partial charge is 0.246 e. The van der Waals surface area contributed by atoms with Crippen molar-refractivity contribution >= 4 is 44.8 Å². The SMILES string of the molecule is Cc1n[nH]c(C)c1S(=O)(=O)N(C)CC(=O)Nc1cc(Cl)cc(Cl)c1. The van der Waals surface area contributed by atoms with Crippen LogP contribution in [0.1, 0.15) is 11.4 Å². The number of carbonyl (C=O) groups excluding carboxylic acids is 1. The molecule has 0 unspecified atom stereocenters. The number of halogens is 2. The molecule has 0 spiro atoms. The number of hydrogen-bond donors (Lipinski definition) is 2. The predicted molar refractivity (Wildman–Crippen MR) is 93.0 cm³/mol. The number of likely N-dealkylation sites (N-methyl/N-ethyl adjacent to an activating group) is 1. The molecule has 0 aliphatic carbocycles. The normalized spacial score (nSPS) is 11.8. The van der Waals surface area contributed by atoms with Crippen molar-refractivity contribution in [3.8, 4) is 0 Å². The average molecular weight is 391 g/mol. The van der Waals surface area contributed by atoms with Crippen LogP contribution in [0.5, 0.6) is 0 Å². The fraction of sp³-hybridized carbons (Fsp3) is 0.286. The number of aryl methyl sites for hydroxylation is 2. The van der Waals surface area contributed by atoms with E-state index in [1.165, 1.54) is 25.2 Å². The molecule has 130 valence electrons. The van der Waals surface area contributed by atoms with E-state index in [9.17, 15) is 13.2 Å². The Kier molecular flexibility index (Phi) is 5.54. The topological polar surface area (TPSA) is 95.2 Å². The quantitative estimate of drug-likeness (QED) is 0.819. The number of H-pyrrole nitrogens is 1. The number of aromatic nitrogens is 2. The molecule has 1 heterocycles. The fourth-order valence-corrected chi connectivity index (χ4v) is 4.17. The van der Waals surface area contributed by atoms with E-state index in [0.29, 0.717) is 27.1 Å². The lowest BCUT2D eigenvalue weighted by Crippen LogP contribution is -2.35. The molecule has 1 amide bonds. The molecule has 1 aromatic carbocycles. The van der Waals surface area contributed by atoms with Gasteiger partial charge in [0.25, 0.3) is 0 Å². The van der Waals surface area contributed by atoms with E-state index in [0.717, 1.165) is 4.31 Å². The number of carbonyl (C=O) groups is 1. The van der Waals surface area contributed by atoms with Crippen LogP contribution in [0.25, 0.3) is 0 Å². The minimum absolute atomic E-state index is 0.0728. The van der Waals surface area contributed by atoms with Gasteiger partial charge in [0.2, 0.25) is 15.9 Å². The van der Waals surface area contributed by atoms with E-state index in [2.05, 4.69) is 15.5 Å². The first-order chi connectivity index (χ1) is 11.1. The lowest BCUT2D eigenvalue weighted by atomic mass is 10.3. The molecule has 0 aliphatic rings. The summed E-state index contributed by atoms with van der Waals surface area (Å²) in [5.74, 6) is -0.516. The predicted octanol–water partition coefficient (Wildman–Crippen LogP) is 2.59. The summed E-state index contributed by atoms with van der Waals surface area (Å²) < 4.78 is 26.1. The Labute approximate surface area is 150 Å². The standard InChI is InChI=1S/C14H16Cl2N4O3S/c1-8-14(9(2)19-18-8)24(22,23)20(3)7-13(21)17-12-5-10(15)4-11(16)6-12/h4-6H,7H2,1-3H3,(H,17,21)(H,18,19). The van der Waals surface area contributed by atoms with Crippen molar-refractivity contribution in [2.75, 3.05) is 18.9 Å². The van der Waals surface area contributed by atoms with Crippen molar-refractivity contribution in [1.82, 2.24) is 14.5 Å². The Morgan fingerprint density at radius 2 is 1.83 bits per heavy atom. The number of nitrogens with one attached hydrogen (secondary N) is 2. The molecule has 24 heavy (non-hydrogen) atoms. The van der Waals surface area contributed by atoms with Gasteiger partial charge in [0.1, 0.15) is 4.90 Å². The molecule has 7 nitrogen and oxygen atoms in total. The molecular formula is C14H16Cl2N4O3S. The molecule has 0 bridgehead atoms. The van der Waals surface area contributed by atoms with Gasteiger partial charge in [0.05, 0.1) is 17.9 Å². The highest BCUT2D eigenvalue weighted by Crippen LogP contribution is 2.23. The van der Waals surface area contributed by atoms with Crippen LogP contribution in [0.4, 0.5) is 5.69 Å². The molecule has 0 radical (unpaired) electrons.